The van der Waals surface area contributed by atoms with Gasteiger partial charge < -0.3 is 15.3 Å². The first-order chi connectivity index (χ1) is 11.7. The topological polar surface area (TPSA) is 52.6 Å². The predicted molar refractivity (Wildman–Crippen MR) is 95.7 cm³/mol. The molecule has 1 aromatic rings. The van der Waals surface area contributed by atoms with Gasteiger partial charge in [-0.25, -0.2) is 4.79 Å². The van der Waals surface area contributed by atoms with E-state index in [-0.39, 0.29) is 18.7 Å². The lowest BCUT2D eigenvalue weighted by Gasteiger charge is -2.34. The molecule has 3 rings (SSSR count). The molecule has 0 unspecified atom stereocenters. The molecule has 0 radical (unpaired) electrons. The van der Waals surface area contributed by atoms with E-state index in [1.165, 1.54) is 19.3 Å². The second-order valence-electron chi connectivity index (χ2n) is 7.38. The van der Waals surface area contributed by atoms with Crippen molar-refractivity contribution in [3.05, 3.63) is 35.9 Å². The number of rotatable bonds is 5. The van der Waals surface area contributed by atoms with Gasteiger partial charge in [0.05, 0.1) is 6.04 Å². The second-order valence-corrected chi connectivity index (χ2v) is 7.38. The molecule has 4 nitrogen and oxygen atoms in total. The second kappa shape index (κ2) is 8.02. The number of urea groups is 1. The van der Waals surface area contributed by atoms with Gasteiger partial charge in [-0.05, 0) is 50.5 Å². The van der Waals surface area contributed by atoms with Crippen LogP contribution >= 0.6 is 0 Å². The Bertz CT molecular complexity index is 534. The zero-order chi connectivity index (χ0) is 16.9. The van der Waals surface area contributed by atoms with Gasteiger partial charge in [0, 0.05) is 18.7 Å². The number of hydrogen-bond acceptors (Lipinski definition) is 2. The number of likely N-dealkylation sites (tertiary alicyclic amines) is 1. The molecule has 24 heavy (non-hydrogen) atoms. The van der Waals surface area contributed by atoms with Crippen molar-refractivity contribution in [2.45, 2.75) is 70.0 Å². The maximum atomic E-state index is 13.0. The van der Waals surface area contributed by atoms with E-state index in [0.29, 0.717) is 24.4 Å². The van der Waals surface area contributed by atoms with Crippen LogP contribution in [0.5, 0.6) is 0 Å². The van der Waals surface area contributed by atoms with Crippen LogP contribution in [0.25, 0.3) is 0 Å². The van der Waals surface area contributed by atoms with Gasteiger partial charge in [0.2, 0.25) is 0 Å². The van der Waals surface area contributed by atoms with Crippen molar-refractivity contribution < 1.29 is 9.90 Å². The third-order valence-electron chi connectivity index (χ3n) is 5.73. The summed E-state index contributed by atoms with van der Waals surface area (Å²) < 4.78 is 0. The summed E-state index contributed by atoms with van der Waals surface area (Å²) in [5.41, 5.74) is 1.12. The normalized spacial score (nSPS) is 27.6. The molecule has 2 N–H and O–H groups in total. The summed E-state index contributed by atoms with van der Waals surface area (Å²) in [6, 6.07) is 10.9. The van der Waals surface area contributed by atoms with Crippen molar-refractivity contribution >= 4 is 6.03 Å². The van der Waals surface area contributed by atoms with Crippen LogP contribution in [-0.4, -0.2) is 34.7 Å². The van der Waals surface area contributed by atoms with E-state index in [1.54, 1.807) is 0 Å². The van der Waals surface area contributed by atoms with E-state index >= 15 is 0 Å². The molecule has 1 heterocycles. The summed E-state index contributed by atoms with van der Waals surface area (Å²) in [5.74, 6) is 0.687. The minimum atomic E-state index is -0.0271. The minimum Gasteiger partial charge on any atom is -0.396 e. The van der Waals surface area contributed by atoms with Crippen molar-refractivity contribution in [1.82, 2.24) is 10.2 Å². The third kappa shape index (κ3) is 3.75. The van der Waals surface area contributed by atoms with Crippen molar-refractivity contribution in [3.8, 4) is 0 Å². The molecular formula is C20H30N2O2. The van der Waals surface area contributed by atoms with Gasteiger partial charge in [-0.15, -0.1) is 0 Å². The highest BCUT2D eigenvalue weighted by molar-refractivity contribution is 5.76. The highest BCUT2D eigenvalue weighted by Crippen LogP contribution is 2.39. The number of amides is 2. The van der Waals surface area contributed by atoms with Crippen LogP contribution < -0.4 is 5.32 Å². The average molecular weight is 330 g/mol. The largest absolute Gasteiger partial charge is 0.396 e. The van der Waals surface area contributed by atoms with Crippen molar-refractivity contribution in [2.24, 2.45) is 5.92 Å². The Labute approximate surface area is 145 Å². The molecule has 132 valence electrons. The van der Waals surface area contributed by atoms with E-state index < -0.39 is 0 Å². The molecule has 2 amide bonds. The van der Waals surface area contributed by atoms with Crippen LogP contribution in [0.4, 0.5) is 4.79 Å². The molecule has 1 aliphatic carbocycles. The molecule has 4 atom stereocenters. The van der Waals surface area contributed by atoms with E-state index in [2.05, 4.69) is 29.3 Å². The van der Waals surface area contributed by atoms with E-state index in [4.69, 9.17) is 0 Å². The Morgan fingerprint density at radius 2 is 2.04 bits per heavy atom. The smallest absolute Gasteiger partial charge is 0.318 e. The average Bonchev–Trinajstić information content (AvgIpc) is 2.95. The van der Waals surface area contributed by atoms with Crippen molar-refractivity contribution in [3.63, 3.8) is 0 Å². The van der Waals surface area contributed by atoms with Gasteiger partial charge in [0.25, 0.3) is 0 Å². The molecule has 1 aromatic carbocycles. The summed E-state index contributed by atoms with van der Waals surface area (Å²) in [5, 5.41) is 12.4. The van der Waals surface area contributed by atoms with Crippen LogP contribution in [0.2, 0.25) is 0 Å². The molecule has 1 aliphatic heterocycles. The number of nitrogens with one attached hydrogen (secondary N) is 1. The Morgan fingerprint density at radius 1 is 1.29 bits per heavy atom. The number of nitrogens with zero attached hydrogens (tertiary/aromatic N) is 1. The van der Waals surface area contributed by atoms with E-state index in [1.807, 2.05) is 18.2 Å². The third-order valence-corrected chi connectivity index (χ3v) is 5.73. The zero-order valence-corrected chi connectivity index (χ0v) is 14.7. The fourth-order valence-electron chi connectivity index (χ4n) is 4.59. The number of hydrogen-bond donors (Lipinski definition) is 2. The number of carbonyl (C=O) groups is 1. The van der Waals surface area contributed by atoms with Gasteiger partial charge in [-0.1, -0.05) is 43.2 Å². The van der Waals surface area contributed by atoms with E-state index in [0.717, 1.165) is 24.8 Å². The fourth-order valence-corrected chi connectivity index (χ4v) is 4.59. The highest BCUT2D eigenvalue weighted by atomic mass is 16.3. The molecule has 2 fully saturated rings. The fraction of sp³-hybridized carbons (Fsp3) is 0.650. The Balaban J connectivity index is 1.70. The van der Waals surface area contributed by atoms with Crippen LogP contribution in [0.1, 0.15) is 63.5 Å². The molecule has 1 saturated carbocycles. The van der Waals surface area contributed by atoms with Crippen LogP contribution in [0.15, 0.2) is 30.3 Å². The monoisotopic (exact) mass is 330 g/mol. The van der Waals surface area contributed by atoms with Crippen LogP contribution in [0.3, 0.4) is 0 Å². The standard InChI is InChI=1S/C20H30N2O2/c1-15-14-17-10-5-6-12-19(17)22(15)20(24)21-18(11-7-13-23)16-8-3-2-4-9-16/h2-4,8-9,15,17-19,23H,5-7,10-14H2,1H3,(H,21,24)/t15-,17+,18+,19-/m1/s1. The quantitative estimate of drug-likeness (QED) is 0.861. The molecule has 2 aliphatic rings. The minimum absolute atomic E-state index is 0.0271. The molecule has 0 bridgehead atoms. The van der Waals surface area contributed by atoms with Gasteiger partial charge in [-0.2, -0.15) is 0 Å². The summed E-state index contributed by atoms with van der Waals surface area (Å²) in [6.45, 7) is 2.34. The summed E-state index contributed by atoms with van der Waals surface area (Å²) >= 11 is 0. The summed E-state index contributed by atoms with van der Waals surface area (Å²) in [6.07, 6.45) is 7.58. The van der Waals surface area contributed by atoms with Crippen molar-refractivity contribution in [2.75, 3.05) is 6.61 Å². The molecular weight excluding hydrogens is 300 g/mol. The highest BCUT2D eigenvalue weighted by Gasteiger charge is 2.42. The Kier molecular flexibility index (Phi) is 5.77. The zero-order valence-electron chi connectivity index (χ0n) is 14.7. The number of carbonyl (C=O) groups excluding carboxylic acids is 1. The molecule has 4 heteroatoms. The molecule has 0 aromatic heterocycles. The van der Waals surface area contributed by atoms with Gasteiger partial charge in [0.15, 0.2) is 0 Å². The SMILES string of the molecule is C[C@@H]1C[C@@H]2CCCC[C@H]2N1C(=O)N[C@@H](CCCO)c1ccccc1. The van der Waals surface area contributed by atoms with Crippen LogP contribution in [-0.2, 0) is 0 Å². The van der Waals surface area contributed by atoms with Gasteiger partial charge in [-0.3, -0.25) is 0 Å². The van der Waals surface area contributed by atoms with Gasteiger partial charge >= 0.3 is 6.03 Å². The Morgan fingerprint density at radius 3 is 2.79 bits per heavy atom. The van der Waals surface area contributed by atoms with Crippen molar-refractivity contribution in [1.29, 1.82) is 0 Å². The first-order valence-electron chi connectivity index (χ1n) is 9.45. The summed E-state index contributed by atoms with van der Waals surface area (Å²) in [4.78, 5) is 15.1. The molecule has 0 spiro atoms. The first kappa shape index (κ1) is 17.3. The Hall–Kier alpha value is -1.55. The number of aliphatic hydroxyl groups excluding tert-OH is 1. The predicted octanol–water partition coefficient (Wildman–Crippen LogP) is 3.86. The van der Waals surface area contributed by atoms with Gasteiger partial charge in [0.1, 0.15) is 0 Å². The number of benzene rings is 1. The lowest BCUT2D eigenvalue weighted by atomic mass is 9.85. The first-order valence-corrected chi connectivity index (χ1v) is 9.45. The number of aliphatic hydroxyl groups is 1. The van der Waals surface area contributed by atoms with E-state index in [9.17, 15) is 9.90 Å². The maximum Gasteiger partial charge on any atom is 0.318 e. The molecule has 1 saturated heterocycles. The number of fused-ring (bicyclic) bond motifs is 1. The lowest BCUT2D eigenvalue weighted by Crippen LogP contribution is -2.48. The maximum absolute atomic E-state index is 13.0. The lowest BCUT2D eigenvalue weighted by molar-refractivity contribution is 0.151. The van der Waals surface area contributed by atoms with Crippen LogP contribution in [0, 0.1) is 5.92 Å². The summed E-state index contributed by atoms with van der Waals surface area (Å²) in [7, 11) is 0.